The lowest BCUT2D eigenvalue weighted by atomic mass is 10.3. The first-order valence-electron chi connectivity index (χ1n) is 7.46. The highest BCUT2D eigenvalue weighted by Gasteiger charge is 2.28. The number of nitrogens with two attached hydrogens (primary N) is 1. The molecule has 1 rings (SSSR count). The zero-order valence-corrected chi connectivity index (χ0v) is 15.8. The SMILES string of the molecule is CN(CCNC(N)=NCCCN1CCOCC1)CC(F)(F)F.I. The van der Waals surface area contributed by atoms with Gasteiger partial charge in [0, 0.05) is 39.3 Å². The lowest BCUT2D eigenvalue weighted by Gasteiger charge is -2.26. The fraction of sp³-hybridized carbons (Fsp3) is 0.923. The van der Waals surface area contributed by atoms with Gasteiger partial charge < -0.3 is 15.8 Å². The standard InChI is InChI=1S/C13H26F3N5O.HI/c1-20(11-13(14,15)16)6-4-19-12(17)18-3-2-5-21-7-9-22-10-8-21;/h2-11H2,1H3,(H3,17,18,19);1H. The van der Waals surface area contributed by atoms with Gasteiger partial charge in [0.25, 0.3) is 0 Å². The van der Waals surface area contributed by atoms with E-state index in [0.29, 0.717) is 13.1 Å². The van der Waals surface area contributed by atoms with Crippen LogP contribution in [-0.2, 0) is 4.74 Å². The highest BCUT2D eigenvalue weighted by Crippen LogP contribution is 2.14. The van der Waals surface area contributed by atoms with Crippen molar-refractivity contribution in [2.24, 2.45) is 10.7 Å². The first-order valence-corrected chi connectivity index (χ1v) is 7.46. The van der Waals surface area contributed by atoms with Crippen molar-refractivity contribution in [3.8, 4) is 0 Å². The van der Waals surface area contributed by atoms with Gasteiger partial charge in [-0.3, -0.25) is 14.8 Å². The summed E-state index contributed by atoms with van der Waals surface area (Å²) in [5.74, 6) is 0.280. The van der Waals surface area contributed by atoms with Gasteiger partial charge in [0.2, 0.25) is 0 Å². The Morgan fingerprint density at radius 2 is 2.00 bits per heavy atom. The Balaban J connectivity index is 0.00000484. The number of ether oxygens (including phenoxy) is 1. The van der Waals surface area contributed by atoms with E-state index in [-0.39, 0.29) is 36.5 Å². The maximum atomic E-state index is 12.1. The molecule has 6 nitrogen and oxygen atoms in total. The summed E-state index contributed by atoms with van der Waals surface area (Å²) in [5, 5.41) is 2.82. The van der Waals surface area contributed by atoms with E-state index in [9.17, 15) is 13.2 Å². The van der Waals surface area contributed by atoms with Gasteiger partial charge in [-0.05, 0) is 13.5 Å². The molecule has 0 atom stereocenters. The summed E-state index contributed by atoms with van der Waals surface area (Å²) in [6.45, 7) is 4.67. The molecule has 23 heavy (non-hydrogen) atoms. The van der Waals surface area contributed by atoms with Crippen LogP contribution in [0, 0.1) is 0 Å². The minimum Gasteiger partial charge on any atom is -0.379 e. The highest BCUT2D eigenvalue weighted by molar-refractivity contribution is 14.0. The van der Waals surface area contributed by atoms with Gasteiger partial charge in [-0.2, -0.15) is 13.2 Å². The number of hydrogen-bond acceptors (Lipinski definition) is 4. The molecule has 0 amide bonds. The number of hydrogen-bond donors (Lipinski definition) is 2. The minimum atomic E-state index is -4.17. The fourth-order valence-corrected chi connectivity index (χ4v) is 2.13. The molecule has 0 aromatic carbocycles. The predicted molar refractivity (Wildman–Crippen MR) is 95.3 cm³/mol. The number of guanidine groups is 1. The van der Waals surface area contributed by atoms with Gasteiger partial charge >= 0.3 is 6.18 Å². The van der Waals surface area contributed by atoms with Gasteiger partial charge in [0.05, 0.1) is 19.8 Å². The van der Waals surface area contributed by atoms with Crippen LogP contribution in [0.15, 0.2) is 4.99 Å². The van der Waals surface area contributed by atoms with Gasteiger partial charge in [0.1, 0.15) is 0 Å². The molecule has 1 fully saturated rings. The molecule has 0 aromatic rings. The Bertz CT molecular complexity index is 338. The Labute approximate surface area is 152 Å². The summed E-state index contributed by atoms with van der Waals surface area (Å²) in [7, 11) is 1.42. The average molecular weight is 453 g/mol. The first kappa shape index (κ1) is 22.7. The molecule has 138 valence electrons. The van der Waals surface area contributed by atoms with Crippen LogP contribution < -0.4 is 11.1 Å². The zero-order chi connectivity index (χ0) is 16.4. The summed E-state index contributed by atoms with van der Waals surface area (Å²) < 4.78 is 41.7. The number of alkyl halides is 3. The van der Waals surface area contributed by atoms with Crippen molar-refractivity contribution >= 4 is 29.9 Å². The van der Waals surface area contributed by atoms with Crippen LogP contribution in [0.2, 0.25) is 0 Å². The topological polar surface area (TPSA) is 66.1 Å². The first-order chi connectivity index (χ1) is 10.4. The van der Waals surface area contributed by atoms with Crippen LogP contribution in [0.25, 0.3) is 0 Å². The monoisotopic (exact) mass is 453 g/mol. The number of halogens is 4. The number of nitrogens with zero attached hydrogens (tertiary/aromatic N) is 3. The Morgan fingerprint density at radius 1 is 1.35 bits per heavy atom. The van der Waals surface area contributed by atoms with Crippen LogP contribution in [0.3, 0.4) is 0 Å². The van der Waals surface area contributed by atoms with Gasteiger partial charge in [0.15, 0.2) is 5.96 Å². The lowest BCUT2D eigenvalue weighted by molar-refractivity contribution is -0.142. The summed E-state index contributed by atoms with van der Waals surface area (Å²) in [6, 6.07) is 0. The van der Waals surface area contributed by atoms with E-state index in [0.717, 1.165) is 39.3 Å². The molecule has 0 bridgehead atoms. The molecule has 0 spiro atoms. The van der Waals surface area contributed by atoms with E-state index in [1.54, 1.807) is 0 Å². The molecule has 1 aliphatic rings. The third kappa shape index (κ3) is 12.7. The van der Waals surface area contributed by atoms with E-state index in [2.05, 4.69) is 15.2 Å². The fourth-order valence-electron chi connectivity index (χ4n) is 2.13. The van der Waals surface area contributed by atoms with Crippen molar-refractivity contribution in [3.63, 3.8) is 0 Å². The van der Waals surface area contributed by atoms with E-state index in [4.69, 9.17) is 10.5 Å². The average Bonchev–Trinajstić information content (AvgIpc) is 2.43. The molecule has 1 aliphatic heterocycles. The molecule has 0 aliphatic carbocycles. The van der Waals surface area contributed by atoms with Crippen molar-refractivity contribution in [1.29, 1.82) is 0 Å². The number of morpholine rings is 1. The van der Waals surface area contributed by atoms with Crippen LogP contribution in [0.1, 0.15) is 6.42 Å². The van der Waals surface area contributed by atoms with Crippen molar-refractivity contribution < 1.29 is 17.9 Å². The normalized spacial score (nSPS) is 17.2. The third-order valence-electron chi connectivity index (χ3n) is 3.27. The number of likely N-dealkylation sites (N-methyl/N-ethyl adjacent to an activating group) is 1. The van der Waals surface area contributed by atoms with E-state index < -0.39 is 12.7 Å². The quantitative estimate of drug-likeness (QED) is 0.246. The van der Waals surface area contributed by atoms with Crippen LogP contribution in [0.5, 0.6) is 0 Å². The molecular formula is C13H27F3IN5O. The number of nitrogens with one attached hydrogen (secondary N) is 1. The molecular weight excluding hydrogens is 426 g/mol. The van der Waals surface area contributed by atoms with Crippen LogP contribution in [-0.4, -0.2) is 88.0 Å². The zero-order valence-electron chi connectivity index (χ0n) is 13.4. The highest BCUT2D eigenvalue weighted by atomic mass is 127. The molecule has 1 heterocycles. The van der Waals surface area contributed by atoms with Crippen LogP contribution in [0.4, 0.5) is 13.2 Å². The minimum absolute atomic E-state index is 0. The second-order valence-corrected chi connectivity index (χ2v) is 5.35. The lowest BCUT2D eigenvalue weighted by Crippen LogP contribution is -2.40. The third-order valence-corrected chi connectivity index (χ3v) is 3.27. The molecule has 0 saturated carbocycles. The smallest absolute Gasteiger partial charge is 0.379 e. The summed E-state index contributed by atoms with van der Waals surface area (Å²) >= 11 is 0. The van der Waals surface area contributed by atoms with E-state index >= 15 is 0 Å². The molecule has 0 unspecified atom stereocenters. The second-order valence-electron chi connectivity index (χ2n) is 5.35. The molecule has 10 heteroatoms. The Morgan fingerprint density at radius 3 is 2.61 bits per heavy atom. The molecule has 0 radical (unpaired) electrons. The van der Waals surface area contributed by atoms with Gasteiger partial charge in [-0.25, -0.2) is 0 Å². The molecule has 3 N–H and O–H groups in total. The van der Waals surface area contributed by atoms with Crippen LogP contribution >= 0.6 is 24.0 Å². The largest absolute Gasteiger partial charge is 0.401 e. The summed E-state index contributed by atoms with van der Waals surface area (Å²) in [6.07, 6.45) is -3.27. The van der Waals surface area contributed by atoms with Crippen molar-refractivity contribution in [2.75, 3.05) is 66.1 Å². The number of rotatable bonds is 8. The molecule has 1 saturated heterocycles. The van der Waals surface area contributed by atoms with Crippen molar-refractivity contribution in [1.82, 2.24) is 15.1 Å². The van der Waals surface area contributed by atoms with E-state index in [1.807, 2.05) is 0 Å². The van der Waals surface area contributed by atoms with Gasteiger partial charge in [-0.1, -0.05) is 0 Å². The van der Waals surface area contributed by atoms with E-state index in [1.165, 1.54) is 11.9 Å². The second kappa shape index (κ2) is 12.1. The predicted octanol–water partition coefficient (Wildman–Crippen LogP) is 0.725. The molecule has 0 aromatic heterocycles. The summed E-state index contributed by atoms with van der Waals surface area (Å²) in [4.78, 5) is 7.67. The summed E-state index contributed by atoms with van der Waals surface area (Å²) in [5.41, 5.74) is 5.67. The van der Waals surface area contributed by atoms with Crippen molar-refractivity contribution in [3.05, 3.63) is 0 Å². The Hall–Kier alpha value is -0.330. The maximum absolute atomic E-state index is 12.1. The maximum Gasteiger partial charge on any atom is 0.401 e. The Kier molecular flexibility index (Phi) is 11.9. The number of aliphatic imine (C=N–C) groups is 1. The van der Waals surface area contributed by atoms with Crippen molar-refractivity contribution in [2.45, 2.75) is 12.6 Å². The van der Waals surface area contributed by atoms with Gasteiger partial charge in [-0.15, -0.1) is 24.0 Å².